The minimum atomic E-state index is -0.300. The number of rotatable bonds is 6. The third-order valence-electron chi connectivity index (χ3n) is 4.54. The second-order valence-electron chi connectivity index (χ2n) is 6.66. The van der Waals surface area contributed by atoms with E-state index in [1.54, 1.807) is 20.1 Å². The molecule has 0 aliphatic carbocycles. The Morgan fingerprint density at radius 2 is 1.93 bits per heavy atom. The smallest absolute Gasteiger partial charge is 0.307 e. The van der Waals surface area contributed by atoms with Crippen LogP contribution in [0.25, 0.3) is 10.2 Å². The van der Waals surface area contributed by atoms with Crippen LogP contribution >= 0.6 is 11.3 Å². The number of hydrogen-bond acceptors (Lipinski definition) is 5. The fourth-order valence-electron chi connectivity index (χ4n) is 3.11. The van der Waals surface area contributed by atoms with Crippen LogP contribution in [0, 0.1) is 13.8 Å². The van der Waals surface area contributed by atoms with Crippen molar-refractivity contribution in [1.82, 2.24) is 4.57 Å². The van der Waals surface area contributed by atoms with Crippen LogP contribution in [0.1, 0.15) is 34.8 Å². The van der Waals surface area contributed by atoms with Crippen LogP contribution in [0.3, 0.4) is 0 Å². The molecule has 0 atom stereocenters. The lowest BCUT2D eigenvalue weighted by molar-refractivity contribution is -0.143. The molecule has 152 valence electrons. The summed E-state index contributed by atoms with van der Waals surface area (Å²) in [5.74, 6) is 0.118. The van der Waals surface area contributed by atoms with Gasteiger partial charge in [0.15, 0.2) is 4.80 Å². The van der Waals surface area contributed by atoms with Crippen LogP contribution in [0.2, 0.25) is 0 Å². The Morgan fingerprint density at radius 3 is 2.62 bits per heavy atom. The SMILES string of the molecule is CCOC(=O)CCn1c(=NC(=O)c2ccc(C)cc2C)sc2ccc(OC)cc21. The maximum absolute atomic E-state index is 12.8. The van der Waals surface area contributed by atoms with Gasteiger partial charge in [-0.1, -0.05) is 29.0 Å². The van der Waals surface area contributed by atoms with Gasteiger partial charge < -0.3 is 14.0 Å². The second kappa shape index (κ2) is 9.05. The molecule has 7 heteroatoms. The molecule has 0 aliphatic heterocycles. The lowest BCUT2D eigenvalue weighted by Gasteiger charge is -2.07. The molecule has 0 bridgehead atoms. The first-order chi connectivity index (χ1) is 13.9. The van der Waals surface area contributed by atoms with Gasteiger partial charge in [-0.25, -0.2) is 0 Å². The van der Waals surface area contributed by atoms with Crippen LogP contribution in [-0.2, 0) is 16.1 Å². The molecule has 3 aromatic rings. The van der Waals surface area contributed by atoms with Gasteiger partial charge >= 0.3 is 5.97 Å². The molecule has 1 aromatic heterocycles. The normalized spacial score (nSPS) is 11.7. The molecule has 1 amide bonds. The summed E-state index contributed by atoms with van der Waals surface area (Å²) in [6.07, 6.45) is 0.196. The lowest BCUT2D eigenvalue weighted by atomic mass is 10.1. The van der Waals surface area contributed by atoms with Crippen molar-refractivity contribution in [3.8, 4) is 5.75 Å². The minimum absolute atomic E-state index is 0.196. The van der Waals surface area contributed by atoms with E-state index in [1.165, 1.54) is 11.3 Å². The van der Waals surface area contributed by atoms with Gasteiger partial charge in [0.05, 0.1) is 30.4 Å². The van der Waals surface area contributed by atoms with Gasteiger partial charge in [-0.15, -0.1) is 0 Å². The maximum Gasteiger partial charge on any atom is 0.307 e. The van der Waals surface area contributed by atoms with Crippen molar-refractivity contribution in [2.75, 3.05) is 13.7 Å². The molecule has 0 radical (unpaired) electrons. The van der Waals surface area contributed by atoms with E-state index in [2.05, 4.69) is 4.99 Å². The molecule has 0 fully saturated rings. The number of thiazole rings is 1. The maximum atomic E-state index is 12.8. The monoisotopic (exact) mass is 412 g/mol. The third-order valence-corrected chi connectivity index (χ3v) is 5.60. The average molecular weight is 413 g/mol. The van der Waals surface area contributed by atoms with E-state index < -0.39 is 0 Å². The summed E-state index contributed by atoms with van der Waals surface area (Å²) in [6, 6.07) is 11.4. The van der Waals surface area contributed by atoms with E-state index in [-0.39, 0.29) is 18.3 Å². The van der Waals surface area contributed by atoms with Crippen molar-refractivity contribution in [1.29, 1.82) is 0 Å². The van der Waals surface area contributed by atoms with E-state index >= 15 is 0 Å². The highest BCUT2D eigenvalue weighted by Crippen LogP contribution is 2.23. The Kier molecular flexibility index (Phi) is 6.49. The van der Waals surface area contributed by atoms with Crippen molar-refractivity contribution < 1.29 is 19.1 Å². The van der Waals surface area contributed by atoms with E-state index in [0.29, 0.717) is 29.3 Å². The molecule has 0 saturated heterocycles. The Bertz CT molecular complexity index is 1130. The number of carbonyl (C=O) groups excluding carboxylic acids is 2. The van der Waals surface area contributed by atoms with E-state index in [9.17, 15) is 9.59 Å². The number of ether oxygens (including phenoxy) is 2. The van der Waals surface area contributed by atoms with Crippen molar-refractivity contribution >= 4 is 33.4 Å². The predicted octanol–water partition coefficient (Wildman–Crippen LogP) is 4.02. The molecule has 1 heterocycles. The molecule has 0 aliphatic rings. The Hall–Kier alpha value is -2.93. The van der Waals surface area contributed by atoms with Gasteiger partial charge in [-0.3, -0.25) is 9.59 Å². The first-order valence-corrected chi connectivity index (χ1v) is 10.2. The fourth-order valence-corrected chi connectivity index (χ4v) is 4.15. The zero-order chi connectivity index (χ0) is 21.0. The van der Waals surface area contributed by atoms with Crippen LogP contribution in [0.5, 0.6) is 5.75 Å². The van der Waals surface area contributed by atoms with E-state index in [4.69, 9.17) is 9.47 Å². The summed E-state index contributed by atoms with van der Waals surface area (Å²) in [4.78, 5) is 29.7. The number of hydrogen-bond donors (Lipinski definition) is 0. The van der Waals surface area contributed by atoms with Gasteiger partial charge in [0.2, 0.25) is 0 Å². The first-order valence-electron chi connectivity index (χ1n) is 9.42. The first kappa shape index (κ1) is 20.8. The van der Waals surface area contributed by atoms with Crippen LogP contribution < -0.4 is 9.54 Å². The topological polar surface area (TPSA) is 69.9 Å². The molecule has 0 spiro atoms. The highest BCUT2D eigenvalue weighted by molar-refractivity contribution is 7.16. The summed E-state index contributed by atoms with van der Waals surface area (Å²) in [5.41, 5.74) is 3.42. The number of nitrogens with zero attached hydrogens (tertiary/aromatic N) is 2. The molecular weight excluding hydrogens is 388 g/mol. The number of fused-ring (bicyclic) bond motifs is 1. The Labute approximate surface area is 173 Å². The van der Waals surface area contributed by atoms with Crippen molar-refractivity contribution in [2.45, 2.75) is 33.7 Å². The number of aryl methyl sites for hydroxylation is 3. The van der Waals surface area contributed by atoms with Gasteiger partial charge in [-0.2, -0.15) is 4.99 Å². The van der Waals surface area contributed by atoms with Gasteiger partial charge in [0.25, 0.3) is 5.91 Å². The molecule has 0 unspecified atom stereocenters. The van der Waals surface area contributed by atoms with Crippen molar-refractivity contribution in [3.63, 3.8) is 0 Å². The number of methoxy groups -OCH3 is 1. The largest absolute Gasteiger partial charge is 0.497 e. The Morgan fingerprint density at radius 1 is 1.14 bits per heavy atom. The van der Waals surface area contributed by atoms with Crippen LogP contribution in [0.15, 0.2) is 41.4 Å². The average Bonchev–Trinajstić information content (AvgIpc) is 3.02. The summed E-state index contributed by atoms with van der Waals surface area (Å²) >= 11 is 1.41. The lowest BCUT2D eigenvalue weighted by Crippen LogP contribution is -2.19. The highest BCUT2D eigenvalue weighted by atomic mass is 32.1. The van der Waals surface area contributed by atoms with Crippen LogP contribution in [-0.4, -0.2) is 30.2 Å². The standard InChI is InChI=1S/C22H24N2O4S/c1-5-28-20(25)10-11-24-18-13-16(27-4)7-9-19(18)29-22(24)23-21(26)17-8-6-14(2)12-15(17)3/h6-9,12-13H,5,10-11H2,1-4H3. The fraction of sp³-hybridized carbons (Fsp3) is 0.318. The highest BCUT2D eigenvalue weighted by Gasteiger charge is 2.13. The summed E-state index contributed by atoms with van der Waals surface area (Å²) in [6.45, 7) is 6.37. The second-order valence-corrected chi connectivity index (χ2v) is 7.67. The number of esters is 1. The molecular formula is C22H24N2O4S. The number of aromatic nitrogens is 1. The zero-order valence-electron chi connectivity index (χ0n) is 17.0. The van der Waals surface area contributed by atoms with Crippen molar-refractivity contribution in [3.05, 3.63) is 57.9 Å². The molecule has 0 N–H and O–H groups in total. The Balaban J connectivity index is 2.07. The minimum Gasteiger partial charge on any atom is -0.497 e. The molecule has 6 nitrogen and oxygen atoms in total. The van der Waals surface area contributed by atoms with Gasteiger partial charge in [0, 0.05) is 18.2 Å². The number of amides is 1. The summed E-state index contributed by atoms with van der Waals surface area (Å²) < 4.78 is 13.2. The van der Waals surface area contributed by atoms with Gasteiger partial charge in [0.1, 0.15) is 5.75 Å². The summed E-state index contributed by atoms with van der Waals surface area (Å²) in [5, 5.41) is 0. The molecule has 0 saturated carbocycles. The third kappa shape index (κ3) is 4.74. The molecule has 29 heavy (non-hydrogen) atoms. The number of benzene rings is 2. The molecule has 2 aromatic carbocycles. The van der Waals surface area contributed by atoms with E-state index in [0.717, 1.165) is 21.3 Å². The molecule has 3 rings (SSSR count). The van der Waals surface area contributed by atoms with Gasteiger partial charge in [-0.05, 0) is 44.5 Å². The number of carbonyl (C=O) groups is 2. The summed E-state index contributed by atoms with van der Waals surface area (Å²) in [7, 11) is 1.60. The predicted molar refractivity (Wildman–Crippen MR) is 113 cm³/mol. The van der Waals surface area contributed by atoms with E-state index in [1.807, 2.05) is 48.7 Å². The zero-order valence-corrected chi connectivity index (χ0v) is 17.8. The van der Waals surface area contributed by atoms with Crippen molar-refractivity contribution in [2.24, 2.45) is 4.99 Å². The van der Waals surface area contributed by atoms with Crippen LogP contribution in [0.4, 0.5) is 0 Å². The quantitative estimate of drug-likeness (QED) is 0.574.